The van der Waals surface area contributed by atoms with Crippen molar-refractivity contribution in [3.8, 4) is 17.2 Å². The second kappa shape index (κ2) is 6.40. The van der Waals surface area contributed by atoms with E-state index in [1.165, 1.54) is 32.6 Å². The van der Waals surface area contributed by atoms with Crippen molar-refractivity contribution in [2.75, 3.05) is 7.11 Å². The van der Waals surface area contributed by atoms with Gasteiger partial charge in [0.05, 0.1) is 7.11 Å². The highest BCUT2D eigenvalue weighted by Crippen LogP contribution is 2.67. The van der Waals surface area contributed by atoms with Crippen LogP contribution in [0, 0.1) is 22.7 Å². The molecule has 0 aromatic heterocycles. The zero-order valence-corrected chi connectivity index (χ0v) is 18.2. The summed E-state index contributed by atoms with van der Waals surface area (Å²) in [5, 5.41) is 0. The van der Waals surface area contributed by atoms with Crippen LogP contribution in [-0.2, 0) is 11.2 Å². The second-order valence-corrected chi connectivity index (χ2v) is 10.1. The van der Waals surface area contributed by atoms with Crippen LogP contribution in [0.15, 0.2) is 12.1 Å². The fraction of sp³-hybridized carbons (Fsp3) is 0.708. The first-order valence-corrected chi connectivity index (χ1v) is 10.7. The van der Waals surface area contributed by atoms with Crippen LogP contribution in [0.25, 0.3) is 0 Å². The maximum atomic E-state index is 11.7. The van der Waals surface area contributed by atoms with Gasteiger partial charge in [-0.1, -0.05) is 27.7 Å². The Morgan fingerprint density at radius 3 is 2.54 bits per heavy atom. The van der Waals surface area contributed by atoms with E-state index < -0.39 is 0 Å². The summed E-state index contributed by atoms with van der Waals surface area (Å²) in [6.45, 7) is 11.1. The monoisotopic (exact) mass is 386 g/mol. The summed E-state index contributed by atoms with van der Waals surface area (Å²) in [6, 6.07) is 3.71. The molecule has 1 spiro atoms. The predicted octanol–water partition coefficient (Wildman–Crippen LogP) is 5.56. The normalized spacial score (nSPS) is 35.6. The van der Waals surface area contributed by atoms with Crippen LogP contribution in [0.3, 0.4) is 0 Å². The molecular weight excluding hydrogens is 352 g/mol. The van der Waals surface area contributed by atoms with Crippen molar-refractivity contribution in [1.29, 1.82) is 0 Å². The number of benzene rings is 1. The van der Waals surface area contributed by atoms with Gasteiger partial charge in [0.25, 0.3) is 0 Å². The molecule has 0 bridgehead atoms. The predicted molar refractivity (Wildman–Crippen MR) is 109 cm³/mol. The minimum Gasteiger partial charge on any atom is -0.496 e. The molecule has 3 aliphatic rings. The SMILES string of the molecule is COc1ccc(OC(C)=O)c2c1C[C@]1(C)[C@@H](C)CC[C@H]3C(C)(C)CCC[C@]31O2. The summed E-state index contributed by atoms with van der Waals surface area (Å²) >= 11 is 0. The van der Waals surface area contributed by atoms with E-state index in [0.717, 1.165) is 29.9 Å². The van der Waals surface area contributed by atoms with Gasteiger partial charge in [0.2, 0.25) is 0 Å². The summed E-state index contributed by atoms with van der Waals surface area (Å²) < 4.78 is 18.3. The topological polar surface area (TPSA) is 44.8 Å². The molecule has 4 rings (SSSR count). The number of hydrogen-bond acceptors (Lipinski definition) is 4. The molecule has 0 N–H and O–H groups in total. The highest BCUT2D eigenvalue weighted by molar-refractivity contribution is 5.71. The smallest absolute Gasteiger partial charge is 0.308 e. The van der Waals surface area contributed by atoms with Gasteiger partial charge in [0.15, 0.2) is 11.5 Å². The van der Waals surface area contributed by atoms with Crippen molar-refractivity contribution in [1.82, 2.24) is 0 Å². The number of hydrogen-bond donors (Lipinski definition) is 0. The zero-order valence-electron chi connectivity index (χ0n) is 18.2. The molecule has 4 atom stereocenters. The van der Waals surface area contributed by atoms with Crippen molar-refractivity contribution < 1.29 is 19.0 Å². The lowest BCUT2D eigenvalue weighted by molar-refractivity contribution is -0.211. The number of carbonyl (C=O) groups is 1. The molecule has 0 unspecified atom stereocenters. The van der Waals surface area contributed by atoms with Gasteiger partial charge in [-0.2, -0.15) is 0 Å². The average Bonchev–Trinajstić information content (AvgIpc) is 2.61. The van der Waals surface area contributed by atoms with Gasteiger partial charge in [-0.3, -0.25) is 4.79 Å². The van der Waals surface area contributed by atoms with E-state index in [9.17, 15) is 4.79 Å². The first kappa shape index (κ1) is 19.6. The second-order valence-electron chi connectivity index (χ2n) is 10.1. The molecule has 1 heterocycles. The Bertz CT molecular complexity index is 798. The Kier molecular flexibility index (Phi) is 4.48. The Hall–Kier alpha value is -1.71. The molecule has 1 aromatic carbocycles. The van der Waals surface area contributed by atoms with E-state index in [1.54, 1.807) is 7.11 Å². The maximum absolute atomic E-state index is 11.7. The number of carbonyl (C=O) groups excluding carboxylic acids is 1. The molecule has 4 nitrogen and oxygen atoms in total. The highest BCUT2D eigenvalue weighted by Gasteiger charge is 2.66. The molecule has 2 aliphatic carbocycles. The first-order valence-electron chi connectivity index (χ1n) is 10.7. The Morgan fingerprint density at radius 2 is 1.86 bits per heavy atom. The van der Waals surface area contributed by atoms with Gasteiger partial charge in [0, 0.05) is 23.8 Å². The fourth-order valence-electron chi connectivity index (χ4n) is 6.65. The van der Waals surface area contributed by atoms with Gasteiger partial charge >= 0.3 is 5.97 Å². The van der Waals surface area contributed by atoms with E-state index in [4.69, 9.17) is 14.2 Å². The van der Waals surface area contributed by atoms with Crippen molar-refractivity contribution >= 4 is 5.97 Å². The third-order valence-electron chi connectivity index (χ3n) is 8.30. The molecule has 0 radical (unpaired) electrons. The lowest BCUT2D eigenvalue weighted by Crippen LogP contribution is -2.68. The summed E-state index contributed by atoms with van der Waals surface area (Å²) in [7, 11) is 1.70. The number of rotatable bonds is 2. The molecule has 4 heteroatoms. The third kappa shape index (κ3) is 2.59. The largest absolute Gasteiger partial charge is 0.496 e. The molecular formula is C24H34O4. The van der Waals surface area contributed by atoms with E-state index in [1.807, 2.05) is 12.1 Å². The summed E-state index contributed by atoms with van der Waals surface area (Å²) in [5.41, 5.74) is 1.10. The highest BCUT2D eigenvalue weighted by atomic mass is 16.6. The summed E-state index contributed by atoms with van der Waals surface area (Å²) in [4.78, 5) is 11.7. The quantitative estimate of drug-likeness (QED) is 0.493. The third-order valence-corrected chi connectivity index (χ3v) is 8.30. The number of fused-ring (bicyclic) bond motifs is 1. The van der Waals surface area contributed by atoms with Crippen molar-refractivity contribution in [2.24, 2.45) is 22.7 Å². The van der Waals surface area contributed by atoms with Crippen LogP contribution >= 0.6 is 0 Å². The lowest BCUT2D eigenvalue weighted by Gasteiger charge is -2.66. The molecule has 1 aliphatic heterocycles. The number of esters is 1. The maximum Gasteiger partial charge on any atom is 0.308 e. The number of methoxy groups -OCH3 is 1. The summed E-state index contributed by atoms with van der Waals surface area (Å²) in [6.07, 6.45) is 6.82. The van der Waals surface area contributed by atoms with Gasteiger partial charge in [-0.05, 0) is 62.0 Å². The Morgan fingerprint density at radius 1 is 1.14 bits per heavy atom. The zero-order chi connectivity index (χ0) is 20.3. The van der Waals surface area contributed by atoms with Gasteiger partial charge in [-0.15, -0.1) is 0 Å². The van der Waals surface area contributed by atoms with Crippen LogP contribution in [0.1, 0.15) is 72.3 Å². The minimum atomic E-state index is -0.320. The van der Waals surface area contributed by atoms with Gasteiger partial charge < -0.3 is 14.2 Å². The molecule has 2 fully saturated rings. The molecule has 0 amide bonds. The average molecular weight is 387 g/mol. The van der Waals surface area contributed by atoms with Gasteiger partial charge in [-0.25, -0.2) is 0 Å². The summed E-state index contributed by atoms with van der Waals surface area (Å²) in [5.74, 6) is 2.82. The Balaban J connectivity index is 1.92. The molecule has 154 valence electrons. The van der Waals surface area contributed by atoms with Crippen LogP contribution in [-0.4, -0.2) is 18.7 Å². The van der Waals surface area contributed by atoms with Crippen LogP contribution in [0.4, 0.5) is 0 Å². The Labute approximate surface area is 168 Å². The standard InChI is InChI=1S/C24H34O4/c1-15-8-11-20-22(3,4)12-7-13-24(20)23(15,5)14-17-18(26-6)9-10-19(21(17)28-24)27-16(2)25/h9-10,15,20H,7-8,11-14H2,1-6H3/t15-,20-,23+,24-/m0/s1. The molecule has 28 heavy (non-hydrogen) atoms. The van der Waals surface area contributed by atoms with Gasteiger partial charge in [0.1, 0.15) is 11.4 Å². The molecule has 0 saturated heterocycles. The van der Waals surface area contributed by atoms with Crippen molar-refractivity contribution in [3.05, 3.63) is 17.7 Å². The van der Waals surface area contributed by atoms with Crippen LogP contribution in [0.2, 0.25) is 0 Å². The van der Waals surface area contributed by atoms with E-state index in [2.05, 4.69) is 27.7 Å². The first-order chi connectivity index (χ1) is 13.1. The van der Waals surface area contributed by atoms with Crippen LogP contribution in [0.5, 0.6) is 17.2 Å². The minimum absolute atomic E-state index is 0.0305. The lowest BCUT2D eigenvalue weighted by atomic mass is 9.44. The molecule has 1 aromatic rings. The fourth-order valence-corrected chi connectivity index (χ4v) is 6.65. The number of ether oxygens (including phenoxy) is 3. The van der Waals surface area contributed by atoms with Crippen molar-refractivity contribution in [3.63, 3.8) is 0 Å². The molecule has 2 saturated carbocycles. The van der Waals surface area contributed by atoms with Crippen molar-refractivity contribution in [2.45, 2.75) is 78.7 Å². The van der Waals surface area contributed by atoms with E-state index in [-0.39, 0.29) is 22.4 Å². The van der Waals surface area contributed by atoms with E-state index in [0.29, 0.717) is 17.6 Å². The van der Waals surface area contributed by atoms with Crippen LogP contribution < -0.4 is 14.2 Å². The van der Waals surface area contributed by atoms with E-state index >= 15 is 0 Å².